The zero-order chi connectivity index (χ0) is 15.6. The van der Waals surface area contributed by atoms with Crippen LogP contribution in [-0.2, 0) is 0 Å². The second kappa shape index (κ2) is 6.24. The molecule has 0 spiro atoms. The summed E-state index contributed by atoms with van der Waals surface area (Å²) in [6, 6.07) is 10.3. The standard InChI is InChI=1S/C15H15BrN2O3/c1-9-4-3-5-14(15(9)18(19)20)21-13-7-6-11(10(2)17)8-12(13)16/h3-8,10H,17H2,1-2H3/t10-/m0/s1. The van der Waals surface area contributed by atoms with Crippen molar-refractivity contribution in [2.75, 3.05) is 0 Å². The smallest absolute Gasteiger partial charge is 0.314 e. The molecule has 0 aliphatic heterocycles. The molecule has 0 amide bonds. The molecule has 0 aliphatic rings. The fourth-order valence-electron chi connectivity index (χ4n) is 1.95. The van der Waals surface area contributed by atoms with Gasteiger partial charge in [-0.2, -0.15) is 0 Å². The van der Waals surface area contributed by atoms with E-state index in [0.717, 1.165) is 5.56 Å². The van der Waals surface area contributed by atoms with Gasteiger partial charge in [-0.15, -0.1) is 0 Å². The largest absolute Gasteiger partial charge is 0.449 e. The van der Waals surface area contributed by atoms with E-state index in [1.54, 1.807) is 31.2 Å². The molecule has 0 fully saturated rings. The zero-order valence-corrected chi connectivity index (χ0v) is 13.3. The van der Waals surface area contributed by atoms with Crippen molar-refractivity contribution in [3.63, 3.8) is 0 Å². The van der Waals surface area contributed by atoms with Crippen LogP contribution in [0.2, 0.25) is 0 Å². The molecule has 0 heterocycles. The first-order chi connectivity index (χ1) is 9.90. The minimum atomic E-state index is -0.436. The molecule has 0 bridgehead atoms. The van der Waals surface area contributed by atoms with Crippen molar-refractivity contribution in [1.29, 1.82) is 0 Å². The van der Waals surface area contributed by atoms with Crippen molar-refractivity contribution in [3.8, 4) is 11.5 Å². The van der Waals surface area contributed by atoms with Crippen molar-refractivity contribution in [1.82, 2.24) is 0 Å². The van der Waals surface area contributed by atoms with E-state index in [-0.39, 0.29) is 17.5 Å². The molecule has 0 unspecified atom stereocenters. The average Bonchev–Trinajstić information content (AvgIpc) is 2.40. The van der Waals surface area contributed by atoms with E-state index in [1.807, 2.05) is 19.1 Å². The number of nitrogens with two attached hydrogens (primary N) is 1. The zero-order valence-electron chi connectivity index (χ0n) is 11.7. The molecule has 110 valence electrons. The number of nitro benzene ring substituents is 1. The Balaban J connectivity index is 2.39. The van der Waals surface area contributed by atoms with Crippen LogP contribution in [0.15, 0.2) is 40.9 Å². The van der Waals surface area contributed by atoms with Gasteiger partial charge in [0.05, 0.1) is 9.40 Å². The molecule has 0 radical (unpaired) electrons. The van der Waals surface area contributed by atoms with E-state index >= 15 is 0 Å². The third-order valence-electron chi connectivity index (χ3n) is 3.08. The quantitative estimate of drug-likeness (QED) is 0.651. The lowest BCUT2D eigenvalue weighted by molar-refractivity contribution is -0.386. The van der Waals surface area contributed by atoms with E-state index in [2.05, 4.69) is 15.9 Å². The van der Waals surface area contributed by atoms with Crippen molar-refractivity contribution in [2.45, 2.75) is 19.9 Å². The molecule has 0 saturated carbocycles. The SMILES string of the molecule is Cc1cccc(Oc2ccc([C@H](C)N)cc2Br)c1[N+](=O)[O-]. The third kappa shape index (κ3) is 3.40. The van der Waals surface area contributed by atoms with Crippen molar-refractivity contribution >= 4 is 21.6 Å². The number of rotatable bonds is 4. The number of para-hydroxylation sites is 1. The first kappa shape index (κ1) is 15.5. The second-order valence-electron chi connectivity index (χ2n) is 4.76. The number of hydrogen-bond donors (Lipinski definition) is 1. The molecule has 0 aliphatic carbocycles. The van der Waals surface area contributed by atoms with Crippen LogP contribution in [0, 0.1) is 17.0 Å². The summed E-state index contributed by atoms with van der Waals surface area (Å²) in [5.74, 6) is 0.724. The van der Waals surface area contributed by atoms with Gasteiger partial charge in [0.1, 0.15) is 5.75 Å². The summed E-state index contributed by atoms with van der Waals surface area (Å²) in [5, 5.41) is 11.2. The average molecular weight is 351 g/mol. The number of nitro groups is 1. The highest BCUT2D eigenvalue weighted by Gasteiger charge is 2.19. The Hall–Kier alpha value is -1.92. The van der Waals surface area contributed by atoms with Crippen LogP contribution in [0.3, 0.4) is 0 Å². The fraction of sp³-hybridized carbons (Fsp3) is 0.200. The number of aryl methyl sites for hydroxylation is 1. The molecule has 5 nitrogen and oxygen atoms in total. The van der Waals surface area contributed by atoms with Gasteiger partial charge in [0.2, 0.25) is 5.75 Å². The molecule has 21 heavy (non-hydrogen) atoms. The molecule has 1 atom stereocenters. The summed E-state index contributed by atoms with van der Waals surface area (Å²) in [7, 11) is 0. The Labute approximate surface area is 131 Å². The van der Waals surface area contributed by atoms with E-state index in [4.69, 9.17) is 10.5 Å². The van der Waals surface area contributed by atoms with Crippen LogP contribution in [0.1, 0.15) is 24.1 Å². The van der Waals surface area contributed by atoms with E-state index in [9.17, 15) is 10.1 Å². The van der Waals surface area contributed by atoms with Gasteiger partial charge in [-0.1, -0.05) is 18.2 Å². The minimum Gasteiger partial charge on any atom is -0.449 e. The predicted octanol–water partition coefficient (Wildman–Crippen LogP) is 4.48. The number of halogens is 1. The van der Waals surface area contributed by atoms with E-state index in [1.165, 1.54) is 0 Å². The summed E-state index contributed by atoms with van der Waals surface area (Å²) >= 11 is 3.40. The Morgan fingerprint density at radius 3 is 2.57 bits per heavy atom. The molecule has 0 aromatic heterocycles. The highest BCUT2D eigenvalue weighted by Crippen LogP contribution is 2.37. The lowest BCUT2D eigenvalue weighted by atomic mass is 10.1. The topological polar surface area (TPSA) is 78.4 Å². The van der Waals surface area contributed by atoms with Crippen LogP contribution < -0.4 is 10.5 Å². The predicted molar refractivity (Wildman–Crippen MR) is 84.7 cm³/mol. The van der Waals surface area contributed by atoms with Crippen molar-refractivity contribution < 1.29 is 9.66 Å². The van der Waals surface area contributed by atoms with Gasteiger partial charge in [0.15, 0.2) is 0 Å². The van der Waals surface area contributed by atoms with Crippen LogP contribution in [0.25, 0.3) is 0 Å². The molecular weight excluding hydrogens is 336 g/mol. The monoisotopic (exact) mass is 350 g/mol. The van der Waals surface area contributed by atoms with Gasteiger partial charge in [-0.25, -0.2) is 0 Å². The normalized spacial score (nSPS) is 12.0. The number of benzene rings is 2. The first-order valence-corrected chi connectivity index (χ1v) is 7.16. The van der Waals surface area contributed by atoms with Crippen LogP contribution in [-0.4, -0.2) is 4.92 Å². The summed E-state index contributed by atoms with van der Waals surface area (Å²) in [6.45, 7) is 3.56. The maximum atomic E-state index is 11.2. The first-order valence-electron chi connectivity index (χ1n) is 6.37. The lowest BCUT2D eigenvalue weighted by Gasteiger charge is -2.12. The lowest BCUT2D eigenvalue weighted by Crippen LogP contribution is -2.04. The fourth-order valence-corrected chi connectivity index (χ4v) is 2.43. The maximum absolute atomic E-state index is 11.2. The molecule has 6 heteroatoms. The van der Waals surface area contributed by atoms with Gasteiger partial charge in [-0.3, -0.25) is 10.1 Å². The second-order valence-corrected chi connectivity index (χ2v) is 5.61. The van der Waals surface area contributed by atoms with Crippen LogP contribution in [0.4, 0.5) is 5.69 Å². The number of nitrogens with zero attached hydrogens (tertiary/aromatic N) is 1. The van der Waals surface area contributed by atoms with Gasteiger partial charge in [0.25, 0.3) is 0 Å². The number of ether oxygens (including phenoxy) is 1. The number of hydrogen-bond acceptors (Lipinski definition) is 4. The highest BCUT2D eigenvalue weighted by atomic mass is 79.9. The van der Waals surface area contributed by atoms with Gasteiger partial charge < -0.3 is 10.5 Å². The Morgan fingerprint density at radius 1 is 1.29 bits per heavy atom. The summed E-state index contributed by atoms with van der Waals surface area (Å²) in [5.41, 5.74) is 7.30. The summed E-state index contributed by atoms with van der Waals surface area (Å²) in [4.78, 5) is 10.7. The summed E-state index contributed by atoms with van der Waals surface area (Å²) in [6.07, 6.45) is 0. The Morgan fingerprint density at radius 2 is 2.00 bits per heavy atom. The molecule has 2 N–H and O–H groups in total. The Bertz CT molecular complexity index is 687. The molecule has 2 aromatic carbocycles. The van der Waals surface area contributed by atoms with E-state index in [0.29, 0.717) is 15.8 Å². The van der Waals surface area contributed by atoms with Gasteiger partial charge in [-0.05, 0) is 53.5 Å². The maximum Gasteiger partial charge on any atom is 0.314 e. The van der Waals surface area contributed by atoms with E-state index < -0.39 is 4.92 Å². The minimum absolute atomic E-state index is 0.0272. The molecule has 0 saturated heterocycles. The molecule has 2 aromatic rings. The van der Waals surface area contributed by atoms with Gasteiger partial charge in [0, 0.05) is 11.6 Å². The van der Waals surface area contributed by atoms with Crippen molar-refractivity contribution in [3.05, 3.63) is 62.1 Å². The van der Waals surface area contributed by atoms with Gasteiger partial charge >= 0.3 is 5.69 Å². The molecular formula is C15H15BrN2O3. The Kier molecular flexibility index (Phi) is 4.59. The van der Waals surface area contributed by atoms with Crippen LogP contribution in [0.5, 0.6) is 11.5 Å². The van der Waals surface area contributed by atoms with Crippen molar-refractivity contribution in [2.24, 2.45) is 5.73 Å². The van der Waals surface area contributed by atoms with Crippen LogP contribution >= 0.6 is 15.9 Å². The third-order valence-corrected chi connectivity index (χ3v) is 3.70. The summed E-state index contributed by atoms with van der Waals surface area (Å²) < 4.78 is 6.39. The highest BCUT2D eigenvalue weighted by molar-refractivity contribution is 9.10. The molecule has 2 rings (SSSR count).